The van der Waals surface area contributed by atoms with Crippen LogP contribution in [-0.2, 0) is 9.59 Å². The van der Waals surface area contributed by atoms with Crippen molar-refractivity contribution in [3.63, 3.8) is 0 Å². The van der Waals surface area contributed by atoms with Crippen molar-refractivity contribution < 1.29 is 24.6 Å². The summed E-state index contributed by atoms with van der Waals surface area (Å²) in [6.07, 6.45) is 0.213. The summed E-state index contributed by atoms with van der Waals surface area (Å²) in [4.78, 5) is 34.4. The smallest absolute Gasteiger partial charge is 0.326 e. The van der Waals surface area contributed by atoms with Gasteiger partial charge in [-0.15, -0.1) is 0 Å². The van der Waals surface area contributed by atoms with E-state index < -0.39 is 24.0 Å². The fourth-order valence-corrected chi connectivity index (χ4v) is 1.47. The fourth-order valence-electron chi connectivity index (χ4n) is 1.47. The number of rotatable bonds is 8. The maximum atomic E-state index is 11.7. The molecule has 1 atom stereocenters. The van der Waals surface area contributed by atoms with Gasteiger partial charge in [-0.2, -0.15) is 0 Å². The van der Waals surface area contributed by atoms with Crippen LogP contribution in [0, 0.1) is 0 Å². The normalized spacial score (nSPS) is 11.7. The van der Waals surface area contributed by atoms with Crippen molar-refractivity contribution >= 4 is 18.0 Å². The predicted octanol–water partition coefficient (Wildman–Crippen LogP) is 0.746. The van der Waals surface area contributed by atoms with Gasteiger partial charge in [-0.3, -0.25) is 4.79 Å². The van der Waals surface area contributed by atoms with Crippen LogP contribution in [0.2, 0.25) is 0 Å². The highest BCUT2D eigenvalue weighted by molar-refractivity contribution is 5.82. The van der Waals surface area contributed by atoms with E-state index in [0.29, 0.717) is 13.1 Å². The standard InChI is InChI=1S/C11H20N2O5/c1-3-13(4-2)11(18)12-8(10(16)17)6-5-7-9(14)15/h8H,3-7H2,1-2H3,(H,12,18)(H,14,15)(H,16,17)/t8-/m1/s1. The molecule has 0 saturated heterocycles. The van der Waals surface area contributed by atoms with Gasteiger partial charge in [-0.25, -0.2) is 9.59 Å². The monoisotopic (exact) mass is 260 g/mol. The molecule has 0 aliphatic carbocycles. The molecule has 0 aromatic rings. The van der Waals surface area contributed by atoms with Crippen LogP contribution in [0.1, 0.15) is 33.1 Å². The Labute approximate surface area is 106 Å². The molecule has 0 saturated carbocycles. The van der Waals surface area contributed by atoms with Gasteiger partial charge in [0, 0.05) is 19.5 Å². The molecule has 0 fully saturated rings. The molecule has 18 heavy (non-hydrogen) atoms. The van der Waals surface area contributed by atoms with Crippen molar-refractivity contribution in [1.82, 2.24) is 10.2 Å². The van der Waals surface area contributed by atoms with Crippen molar-refractivity contribution in [3.05, 3.63) is 0 Å². The molecule has 0 aliphatic heterocycles. The first-order valence-corrected chi connectivity index (χ1v) is 5.92. The fraction of sp³-hybridized carbons (Fsp3) is 0.727. The number of amides is 2. The number of urea groups is 1. The minimum Gasteiger partial charge on any atom is -0.481 e. The molecular formula is C11H20N2O5. The van der Waals surface area contributed by atoms with E-state index in [4.69, 9.17) is 10.2 Å². The van der Waals surface area contributed by atoms with E-state index in [0.717, 1.165) is 0 Å². The molecule has 0 aromatic carbocycles. The maximum Gasteiger partial charge on any atom is 0.326 e. The summed E-state index contributed by atoms with van der Waals surface area (Å²) in [5, 5.41) is 19.8. The topological polar surface area (TPSA) is 107 Å². The lowest BCUT2D eigenvalue weighted by atomic mass is 10.1. The zero-order valence-corrected chi connectivity index (χ0v) is 10.7. The van der Waals surface area contributed by atoms with Gasteiger partial charge >= 0.3 is 18.0 Å². The van der Waals surface area contributed by atoms with Crippen LogP contribution in [0.5, 0.6) is 0 Å². The molecule has 0 radical (unpaired) electrons. The highest BCUT2D eigenvalue weighted by atomic mass is 16.4. The Morgan fingerprint density at radius 2 is 1.72 bits per heavy atom. The Hall–Kier alpha value is -1.79. The van der Waals surface area contributed by atoms with Crippen molar-refractivity contribution in [2.45, 2.75) is 39.2 Å². The molecule has 0 rings (SSSR count). The van der Waals surface area contributed by atoms with Crippen LogP contribution in [-0.4, -0.2) is 52.2 Å². The zero-order valence-electron chi connectivity index (χ0n) is 10.7. The lowest BCUT2D eigenvalue weighted by molar-refractivity contribution is -0.140. The second kappa shape index (κ2) is 8.32. The molecule has 0 heterocycles. The van der Waals surface area contributed by atoms with Gasteiger partial charge in [-0.1, -0.05) is 0 Å². The van der Waals surface area contributed by atoms with Crippen molar-refractivity contribution in [3.8, 4) is 0 Å². The average molecular weight is 260 g/mol. The quantitative estimate of drug-likeness (QED) is 0.597. The summed E-state index contributed by atoms with van der Waals surface area (Å²) in [6.45, 7) is 4.57. The molecule has 0 aromatic heterocycles. The number of carboxylic acids is 2. The molecule has 104 valence electrons. The third-order valence-electron chi connectivity index (χ3n) is 2.53. The molecule has 0 bridgehead atoms. The SMILES string of the molecule is CCN(CC)C(=O)N[C@H](CCCC(=O)O)C(=O)O. The van der Waals surface area contributed by atoms with E-state index >= 15 is 0 Å². The number of aliphatic carboxylic acids is 2. The van der Waals surface area contributed by atoms with Crippen LogP contribution in [0.3, 0.4) is 0 Å². The average Bonchev–Trinajstić information content (AvgIpc) is 2.28. The van der Waals surface area contributed by atoms with Gasteiger partial charge in [0.25, 0.3) is 0 Å². The number of hydrogen-bond donors (Lipinski definition) is 3. The number of nitrogens with zero attached hydrogens (tertiary/aromatic N) is 1. The summed E-state index contributed by atoms with van der Waals surface area (Å²) in [5.41, 5.74) is 0. The number of nitrogens with one attached hydrogen (secondary N) is 1. The van der Waals surface area contributed by atoms with E-state index in [1.807, 2.05) is 0 Å². The Bertz CT molecular complexity index is 302. The molecule has 7 nitrogen and oxygen atoms in total. The van der Waals surface area contributed by atoms with Crippen LogP contribution in [0.15, 0.2) is 0 Å². The highest BCUT2D eigenvalue weighted by Crippen LogP contribution is 2.03. The van der Waals surface area contributed by atoms with Gasteiger partial charge < -0.3 is 20.4 Å². The Kier molecular flexibility index (Phi) is 7.50. The van der Waals surface area contributed by atoms with Crippen LogP contribution >= 0.6 is 0 Å². The number of carboxylic acid groups (broad SMARTS) is 2. The molecule has 3 N–H and O–H groups in total. The zero-order chi connectivity index (χ0) is 14.1. The number of hydrogen-bond acceptors (Lipinski definition) is 3. The van der Waals surface area contributed by atoms with E-state index in [1.165, 1.54) is 4.90 Å². The minimum absolute atomic E-state index is 0.106. The third-order valence-corrected chi connectivity index (χ3v) is 2.53. The van der Waals surface area contributed by atoms with Gasteiger partial charge in [0.15, 0.2) is 0 Å². The molecule has 2 amide bonds. The van der Waals surface area contributed by atoms with E-state index in [2.05, 4.69) is 5.32 Å². The van der Waals surface area contributed by atoms with Gasteiger partial charge in [0.05, 0.1) is 0 Å². The van der Waals surface area contributed by atoms with Crippen LogP contribution < -0.4 is 5.32 Å². The van der Waals surface area contributed by atoms with Gasteiger partial charge in [-0.05, 0) is 26.7 Å². The van der Waals surface area contributed by atoms with E-state index in [9.17, 15) is 14.4 Å². The van der Waals surface area contributed by atoms with Crippen LogP contribution in [0.25, 0.3) is 0 Å². The van der Waals surface area contributed by atoms with Crippen molar-refractivity contribution in [1.29, 1.82) is 0 Å². The first kappa shape index (κ1) is 16.2. The van der Waals surface area contributed by atoms with E-state index in [-0.39, 0.29) is 19.3 Å². The van der Waals surface area contributed by atoms with E-state index in [1.54, 1.807) is 13.8 Å². The molecule has 0 aliphatic rings. The molecular weight excluding hydrogens is 240 g/mol. The second-order valence-electron chi connectivity index (χ2n) is 3.80. The summed E-state index contributed by atoms with van der Waals surface area (Å²) in [7, 11) is 0. The summed E-state index contributed by atoms with van der Waals surface area (Å²) < 4.78 is 0. The molecule has 7 heteroatoms. The van der Waals surface area contributed by atoms with Crippen molar-refractivity contribution in [2.75, 3.05) is 13.1 Å². The molecule has 0 spiro atoms. The summed E-state index contributed by atoms with van der Waals surface area (Å²) in [5.74, 6) is -2.13. The predicted molar refractivity (Wildman–Crippen MR) is 64.4 cm³/mol. The summed E-state index contributed by atoms with van der Waals surface area (Å²) >= 11 is 0. The number of carbonyl (C=O) groups excluding carboxylic acids is 1. The number of carbonyl (C=O) groups is 3. The Balaban J connectivity index is 4.30. The third kappa shape index (κ3) is 6.07. The van der Waals surface area contributed by atoms with Crippen LogP contribution in [0.4, 0.5) is 4.79 Å². The highest BCUT2D eigenvalue weighted by Gasteiger charge is 2.21. The first-order chi connectivity index (χ1) is 8.42. The lowest BCUT2D eigenvalue weighted by Gasteiger charge is -2.22. The second-order valence-corrected chi connectivity index (χ2v) is 3.80. The lowest BCUT2D eigenvalue weighted by Crippen LogP contribution is -2.47. The van der Waals surface area contributed by atoms with Crippen molar-refractivity contribution in [2.24, 2.45) is 0 Å². The van der Waals surface area contributed by atoms with Gasteiger partial charge in [0.2, 0.25) is 0 Å². The Morgan fingerprint density at radius 1 is 1.17 bits per heavy atom. The summed E-state index contributed by atoms with van der Waals surface area (Å²) in [6, 6.07) is -1.49. The Morgan fingerprint density at radius 3 is 2.11 bits per heavy atom. The minimum atomic E-state index is -1.15. The maximum absolute atomic E-state index is 11.7. The van der Waals surface area contributed by atoms with Gasteiger partial charge in [0.1, 0.15) is 6.04 Å². The first-order valence-electron chi connectivity index (χ1n) is 5.92. The molecule has 0 unspecified atom stereocenters. The largest absolute Gasteiger partial charge is 0.481 e.